The summed E-state index contributed by atoms with van der Waals surface area (Å²) < 4.78 is 25.7. The van der Waals surface area contributed by atoms with Crippen LogP contribution in [-0.4, -0.2) is 44.9 Å². The lowest BCUT2D eigenvalue weighted by Gasteiger charge is -2.20. The Balaban J connectivity index is 1.76. The summed E-state index contributed by atoms with van der Waals surface area (Å²) in [6.07, 6.45) is 5.47. The van der Waals surface area contributed by atoms with E-state index in [-0.39, 0.29) is 0 Å². The first-order chi connectivity index (χ1) is 11.0. The molecule has 1 aliphatic rings. The van der Waals surface area contributed by atoms with Gasteiger partial charge < -0.3 is 4.90 Å². The normalized spacial score (nSPS) is 14.3. The van der Waals surface area contributed by atoms with Crippen molar-refractivity contribution in [1.82, 2.24) is 9.29 Å². The Labute approximate surface area is 137 Å². The van der Waals surface area contributed by atoms with Gasteiger partial charge in [0.2, 0.25) is 10.0 Å². The Morgan fingerprint density at radius 1 is 1.17 bits per heavy atom. The lowest BCUT2D eigenvalue weighted by atomic mass is 10.1. The molecule has 1 aliphatic heterocycles. The van der Waals surface area contributed by atoms with Crippen LogP contribution in [0.1, 0.15) is 11.1 Å². The Bertz CT molecular complexity index is 789. The minimum absolute atomic E-state index is 0.372. The molecule has 23 heavy (non-hydrogen) atoms. The maximum atomic E-state index is 12.2. The number of sulfonamides is 1. The molecule has 122 valence electrons. The minimum Gasteiger partial charge on any atom is -0.371 e. The fourth-order valence-corrected chi connectivity index (χ4v) is 3.82. The Morgan fingerprint density at radius 3 is 2.61 bits per heavy atom. The van der Waals surface area contributed by atoms with Gasteiger partial charge in [-0.3, -0.25) is 4.98 Å². The quantitative estimate of drug-likeness (QED) is 0.840. The van der Waals surface area contributed by atoms with Gasteiger partial charge in [0, 0.05) is 45.3 Å². The molecule has 1 aromatic heterocycles. The largest absolute Gasteiger partial charge is 0.371 e. The standard InChI is InChI=1S/C17H21N3O2S/c1-19(2)23(21,22)16-3-4-17-15(13-16)8-12-20(17)11-7-14-5-9-18-10-6-14/h3-6,9-10,13H,7-8,11-12H2,1-2H3. The molecule has 0 saturated carbocycles. The number of nitrogens with zero attached hydrogens (tertiary/aromatic N) is 3. The summed E-state index contributed by atoms with van der Waals surface area (Å²) in [7, 11) is -0.245. The molecule has 0 atom stereocenters. The second-order valence-electron chi connectivity index (χ2n) is 5.92. The summed E-state index contributed by atoms with van der Waals surface area (Å²) in [4.78, 5) is 6.73. The van der Waals surface area contributed by atoms with Crippen molar-refractivity contribution in [3.63, 3.8) is 0 Å². The van der Waals surface area contributed by atoms with Crippen LogP contribution in [0.25, 0.3) is 0 Å². The Hall–Kier alpha value is -1.92. The number of hydrogen-bond donors (Lipinski definition) is 0. The highest BCUT2D eigenvalue weighted by Gasteiger charge is 2.23. The van der Waals surface area contributed by atoms with Crippen LogP contribution in [0.4, 0.5) is 5.69 Å². The number of hydrogen-bond acceptors (Lipinski definition) is 4. The second-order valence-corrected chi connectivity index (χ2v) is 8.07. The van der Waals surface area contributed by atoms with Gasteiger partial charge in [0.05, 0.1) is 4.90 Å². The van der Waals surface area contributed by atoms with E-state index in [2.05, 4.69) is 9.88 Å². The number of pyridine rings is 1. The zero-order chi connectivity index (χ0) is 16.4. The summed E-state index contributed by atoms with van der Waals surface area (Å²) in [5.41, 5.74) is 3.53. The van der Waals surface area contributed by atoms with E-state index in [1.165, 1.54) is 9.87 Å². The third-order valence-electron chi connectivity index (χ3n) is 4.24. The highest BCUT2D eigenvalue weighted by atomic mass is 32.2. The first-order valence-corrected chi connectivity index (χ1v) is 9.12. The average molecular weight is 331 g/mol. The van der Waals surface area contributed by atoms with Crippen LogP contribution in [0.2, 0.25) is 0 Å². The first kappa shape index (κ1) is 16.0. The van der Waals surface area contributed by atoms with Gasteiger partial charge in [0.1, 0.15) is 0 Å². The number of fused-ring (bicyclic) bond motifs is 1. The number of aromatic nitrogens is 1. The molecule has 0 saturated heterocycles. The zero-order valence-corrected chi connectivity index (χ0v) is 14.3. The minimum atomic E-state index is -3.36. The van der Waals surface area contributed by atoms with E-state index in [0.717, 1.165) is 37.2 Å². The molecule has 0 amide bonds. The molecule has 6 heteroatoms. The van der Waals surface area contributed by atoms with E-state index in [1.807, 2.05) is 36.7 Å². The average Bonchev–Trinajstić information content (AvgIpc) is 2.96. The van der Waals surface area contributed by atoms with Gasteiger partial charge in [-0.2, -0.15) is 0 Å². The van der Waals surface area contributed by atoms with Crippen LogP contribution < -0.4 is 4.90 Å². The van der Waals surface area contributed by atoms with E-state index in [4.69, 9.17) is 0 Å². The molecule has 1 aromatic carbocycles. The van der Waals surface area contributed by atoms with Crippen LogP contribution in [-0.2, 0) is 22.9 Å². The third-order valence-corrected chi connectivity index (χ3v) is 6.05. The van der Waals surface area contributed by atoms with Gasteiger partial charge in [0.25, 0.3) is 0 Å². The highest BCUT2D eigenvalue weighted by molar-refractivity contribution is 7.89. The molecule has 3 rings (SSSR count). The van der Waals surface area contributed by atoms with Crippen LogP contribution in [0, 0.1) is 0 Å². The van der Waals surface area contributed by atoms with Crippen molar-refractivity contribution in [3.8, 4) is 0 Å². The fourth-order valence-electron chi connectivity index (χ4n) is 2.86. The predicted octanol–water partition coefficient (Wildman–Crippen LogP) is 1.94. The van der Waals surface area contributed by atoms with Crippen LogP contribution in [0.5, 0.6) is 0 Å². The van der Waals surface area contributed by atoms with Crippen molar-refractivity contribution in [2.24, 2.45) is 0 Å². The lowest BCUT2D eigenvalue weighted by molar-refractivity contribution is 0.520. The van der Waals surface area contributed by atoms with Gasteiger partial charge in [-0.25, -0.2) is 12.7 Å². The molecule has 0 bridgehead atoms. The molecule has 0 spiro atoms. The summed E-state index contributed by atoms with van der Waals surface area (Å²) in [5, 5.41) is 0. The van der Waals surface area contributed by atoms with Crippen LogP contribution in [0.15, 0.2) is 47.6 Å². The van der Waals surface area contributed by atoms with Crippen molar-refractivity contribution < 1.29 is 8.42 Å². The van der Waals surface area contributed by atoms with Crippen LogP contribution in [0.3, 0.4) is 0 Å². The third kappa shape index (κ3) is 3.23. The van der Waals surface area contributed by atoms with Crippen LogP contribution >= 0.6 is 0 Å². The summed E-state index contributed by atoms with van der Waals surface area (Å²) in [5.74, 6) is 0. The van der Waals surface area contributed by atoms with Gasteiger partial charge in [-0.15, -0.1) is 0 Å². The smallest absolute Gasteiger partial charge is 0.242 e. The molecular formula is C17H21N3O2S. The summed E-state index contributed by atoms with van der Waals surface area (Å²) >= 11 is 0. The first-order valence-electron chi connectivity index (χ1n) is 7.68. The summed E-state index contributed by atoms with van der Waals surface area (Å²) in [6, 6.07) is 9.52. The van der Waals surface area contributed by atoms with Crippen molar-refractivity contribution in [3.05, 3.63) is 53.9 Å². The topological polar surface area (TPSA) is 53.5 Å². The predicted molar refractivity (Wildman–Crippen MR) is 91.2 cm³/mol. The number of anilines is 1. The molecule has 2 aromatic rings. The van der Waals surface area contributed by atoms with Crippen molar-refractivity contribution >= 4 is 15.7 Å². The van der Waals surface area contributed by atoms with E-state index in [9.17, 15) is 8.42 Å². The summed E-state index contributed by atoms with van der Waals surface area (Å²) in [6.45, 7) is 1.86. The van der Waals surface area contributed by atoms with E-state index >= 15 is 0 Å². The van der Waals surface area contributed by atoms with Gasteiger partial charge in [0.15, 0.2) is 0 Å². The van der Waals surface area contributed by atoms with Crippen molar-refractivity contribution in [2.45, 2.75) is 17.7 Å². The maximum absolute atomic E-state index is 12.2. The van der Waals surface area contributed by atoms with E-state index in [0.29, 0.717) is 4.90 Å². The second kappa shape index (κ2) is 6.29. The molecular weight excluding hydrogens is 310 g/mol. The Kier molecular flexibility index (Phi) is 4.37. The number of benzene rings is 1. The molecule has 0 aliphatic carbocycles. The van der Waals surface area contributed by atoms with Gasteiger partial charge in [-0.1, -0.05) is 0 Å². The van der Waals surface area contributed by atoms with Crippen molar-refractivity contribution in [2.75, 3.05) is 32.1 Å². The van der Waals surface area contributed by atoms with Gasteiger partial charge in [-0.05, 0) is 54.3 Å². The molecule has 0 fully saturated rings. The zero-order valence-electron chi connectivity index (χ0n) is 13.4. The van der Waals surface area contributed by atoms with Crippen molar-refractivity contribution in [1.29, 1.82) is 0 Å². The molecule has 0 N–H and O–H groups in total. The molecule has 5 nitrogen and oxygen atoms in total. The number of rotatable bonds is 5. The fraction of sp³-hybridized carbons (Fsp3) is 0.353. The lowest BCUT2D eigenvalue weighted by Crippen LogP contribution is -2.23. The highest BCUT2D eigenvalue weighted by Crippen LogP contribution is 2.30. The van der Waals surface area contributed by atoms with E-state index < -0.39 is 10.0 Å². The molecule has 0 unspecified atom stereocenters. The SMILES string of the molecule is CN(C)S(=O)(=O)c1ccc2c(c1)CCN2CCc1ccncc1. The molecule has 2 heterocycles. The monoisotopic (exact) mass is 331 g/mol. The molecule has 0 radical (unpaired) electrons. The Morgan fingerprint density at radius 2 is 1.91 bits per heavy atom. The maximum Gasteiger partial charge on any atom is 0.242 e. The van der Waals surface area contributed by atoms with E-state index in [1.54, 1.807) is 20.2 Å². The van der Waals surface area contributed by atoms with Gasteiger partial charge >= 0.3 is 0 Å².